The van der Waals surface area contributed by atoms with Gasteiger partial charge in [-0.25, -0.2) is 0 Å². The molecule has 1 aliphatic heterocycles. The van der Waals surface area contributed by atoms with Gasteiger partial charge in [-0.05, 0) is 13.5 Å². The van der Waals surface area contributed by atoms with Crippen molar-refractivity contribution in [1.29, 1.82) is 0 Å². The fourth-order valence-corrected chi connectivity index (χ4v) is 1.58. The Kier molecular flexibility index (Phi) is 11.1. The van der Waals surface area contributed by atoms with E-state index in [1.54, 1.807) is 0 Å². The Morgan fingerprint density at radius 1 is 0.950 bits per heavy atom. The van der Waals surface area contributed by atoms with E-state index in [1.165, 1.54) is 0 Å². The molecule has 0 saturated carbocycles. The molecule has 0 bridgehead atoms. The Bertz CT molecular complexity index is 221. The summed E-state index contributed by atoms with van der Waals surface area (Å²) in [5, 5.41) is 0. The lowest BCUT2D eigenvalue weighted by molar-refractivity contribution is -0.142. The maximum absolute atomic E-state index is 5.52. The van der Waals surface area contributed by atoms with Crippen LogP contribution < -0.4 is 0 Å². The summed E-state index contributed by atoms with van der Waals surface area (Å²) >= 11 is 0. The number of likely N-dealkylation sites (N-methyl/N-ethyl adjacent to an activating group) is 1. The molecule has 0 aromatic heterocycles. The molecule has 1 fully saturated rings. The minimum absolute atomic E-state index is 0.274. The molecule has 0 unspecified atom stereocenters. The van der Waals surface area contributed by atoms with Gasteiger partial charge in [0.25, 0.3) is 0 Å². The molecule has 0 radical (unpaired) electrons. The maximum Gasteiger partial charge on any atom is 0.150 e. The first-order chi connectivity index (χ1) is 9.83. The zero-order valence-corrected chi connectivity index (χ0v) is 12.7. The molecule has 0 spiro atoms. The van der Waals surface area contributed by atoms with Crippen LogP contribution in [0.5, 0.6) is 0 Å². The molecule has 0 N–H and O–H groups in total. The quantitative estimate of drug-likeness (QED) is 0.700. The van der Waals surface area contributed by atoms with Gasteiger partial charge in [0.2, 0.25) is 0 Å². The van der Waals surface area contributed by atoms with Crippen molar-refractivity contribution in [3.63, 3.8) is 0 Å². The van der Waals surface area contributed by atoms with Crippen LogP contribution in [0, 0.1) is 0 Å². The van der Waals surface area contributed by atoms with Gasteiger partial charge in [-0.3, -0.25) is 9.80 Å². The molecule has 0 aromatic carbocycles. The van der Waals surface area contributed by atoms with E-state index >= 15 is 0 Å². The summed E-state index contributed by atoms with van der Waals surface area (Å²) in [5.41, 5.74) is 0. The van der Waals surface area contributed by atoms with E-state index in [2.05, 4.69) is 6.92 Å². The molecular formula is C13H28N2O5. The highest BCUT2D eigenvalue weighted by Gasteiger charge is 2.06. The smallest absolute Gasteiger partial charge is 0.150 e. The Hall–Kier alpha value is -0.280. The van der Waals surface area contributed by atoms with Crippen LogP contribution >= 0.6 is 0 Å². The summed E-state index contributed by atoms with van der Waals surface area (Å²) in [5.74, 6) is 0. The van der Waals surface area contributed by atoms with Crippen molar-refractivity contribution < 1.29 is 23.7 Å². The average Bonchev–Trinajstić information content (AvgIpc) is 2.44. The SMILES string of the molecule is CCCOCN1CCOCOCCN(C)COCOC1. The maximum atomic E-state index is 5.52. The molecule has 1 rings (SSSR count). The second-order valence-electron chi connectivity index (χ2n) is 4.73. The average molecular weight is 292 g/mol. The highest BCUT2D eigenvalue weighted by Crippen LogP contribution is 1.95. The second-order valence-corrected chi connectivity index (χ2v) is 4.73. The third kappa shape index (κ3) is 9.60. The van der Waals surface area contributed by atoms with E-state index in [4.69, 9.17) is 23.7 Å². The fraction of sp³-hybridized carbons (Fsp3) is 1.00. The Balaban J connectivity index is 2.25. The normalized spacial score (nSPS) is 22.5. The summed E-state index contributed by atoms with van der Waals surface area (Å²) in [6.07, 6.45) is 1.01. The highest BCUT2D eigenvalue weighted by molar-refractivity contribution is 4.47. The van der Waals surface area contributed by atoms with Crippen LogP contribution in [0.25, 0.3) is 0 Å². The largest absolute Gasteiger partial charge is 0.366 e. The van der Waals surface area contributed by atoms with Crippen molar-refractivity contribution >= 4 is 0 Å². The van der Waals surface area contributed by atoms with Gasteiger partial charge >= 0.3 is 0 Å². The van der Waals surface area contributed by atoms with Crippen molar-refractivity contribution in [2.45, 2.75) is 13.3 Å². The summed E-state index contributed by atoms with van der Waals surface area (Å²) < 4.78 is 27.2. The summed E-state index contributed by atoms with van der Waals surface area (Å²) in [7, 11) is 1.97. The molecule has 0 aliphatic carbocycles. The van der Waals surface area contributed by atoms with Gasteiger partial charge < -0.3 is 23.7 Å². The topological polar surface area (TPSA) is 52.6 Å². The predicted octanol–water partition coefficient (Wildman–Crippen LogP) is 0.514. The van der Waals surface area contributed by atoms with E-state index in [0.29, 0.717) is 40.2 Å². The van der Waals surface area contributed by atoms with Crippen LogP contribution in [-0.2, 0) is 23.7 Å². The van der Waals surface area contributed by atoms with Crippen LogP contribution in [0.2, 0.25) is 0 Å². The minimum Gasteiger partial charge on any atom is -0.366 e. The third-order valence-electron chi connectivity index (χ3n) is 2.71. The van der Waals surface area contributed by atoms with Gasteiger partial charge in [0, 0.05) is 19.7 Å². The van der Waals surface area contributed by atoms with E-state index in [0.717, 1.165) is 26.1 Å². The summed E-state index contributed by atoms with van der Waals surface area (Å²) in [6, 6.07) is 0. The molecule has 1 aliphatic rings. The number of ether oxygens (including phenoxy) is 5. The van der Waals surface area contributed by atoms with Gasteiger partial charge in [0.1, 0.15) is 33.8 Å². The van der Waals surface area contributed by atoms with Crippen LogP contribution in [0.15, 0.2) is 0 Å². The van der Waals surface area contributed by atoms with Gasteiger partial charge in [0.15, 0.2) is 0 Å². The third-order valence-corrected chi connectivity index (χ3v) is 2.71. The first-order valence-electron chi connectivity index (χ1n) is 7.12. The fourth-order valence-electron chi connectivity index (χ4n) is 1.58. The van der Waals surface area contributed by atoms with E-state index in [9.17, 15) is 0 Å². The lowest BCUT2D eigenvalue weighted by Gasteiger charge is -2.23. The zero-order chi connectivity index (χ0) is 14.5. The Morgan fingerprint density at radius 2 is 1.65 bits per heavy atom. The van der Waals surface area contributed by atoms with Crippen molar-refractivity contribution in [2.24, 2.45) is 0 Å². The summed E-state index contributed by atoms with van der Waals surface area (Å²) in [4.78, 5) is 4.06. The Labute approximate surface area is 121 Å². The molecule has 1 saturated heterocycles. The first-order valence-corrected chi connectivity index (χ1v) is 7.12. The van der Waals surface area contributed by atoms with E-state index < -0.39 is 0 Å². The van der Waals surface area contributed by atoms with Crippen LogP contribution in [0.3, 0.4) is 0 Å². The number of nitrogens with zero attached hydrogens (tertiary/aromatic N) is 2. The van der Waals surface area contributed by atoms with Gasteiger partial charge in [-0.15, -0.1) is 0 Å². The highest BCUT2D eigenvalue weighted by atomic mass is 16.7. The number of hydrogen-bond acceptors (Lipinski definition) is 7. The molecule has 0 aromatic rings. The first kappa shape index (κ1) is 17.8. The van der Waals surface area contributed by atoms with Gasteiger partial charge in [-0.1, -0.05) is 6.92 Å². The molecular weight excluding hydrogens is 264 g/mol. The van der Waals surface area contributed by atoms with Crippen LogP contribution in [-0.4, -0.2) is 83.5 Å². The van der Waals surface area contributed by atoms with E-state index in [1.807, 2.05) is 16.8 Å². The molecule has 7 nitrogen and oxygen atoms in total. The van der Waals surface area contributed by atoms with Gasteiger partial charge in [0.05, 0.1) is 13.2 Å². The van der Waals surface area contributed by atoms with Gasteiger partial charge in [-0.2, -0.15) is 0 Å². The monoisotopic (exact) mass is 292 g/mol. The Morgan fingerprint density at radius 3 is 2.45 bits per heavy atom. The molecule has 0 amide bonds. The number of hydrogen-bond donors (Lipinski definition) is 0. The second kappa shape index (κ2) is 12.5. The van der Waals surface area contributed by atoms with Crippen LogP contribution in [0.4, 0.5) is 0 Å². The van der Waals surface area contributed by atoms with Crippen molar-refractivity contribution in [3.8, 4) is 0 Å². The lowest BCUT2D eigenvalue weighted by atomic mass is 10.5. The van der Waals surface area contributed by atoms with Crippen molar-refractivity contribution in [3.05, 3.63) is 0 Å². The molecule has 120 valence electrons. The van der Waals surface area contributed by atoms with Crippen molar-refractivity contribution in [1.82, 2.24) is 9.80 Å². The minimum atomic E-state index is 0.274. The number of rotatable bonds is 4. The summed E-state index contributed by atoms with van der Waals surface area (Å²) in [6.45, 7) is 7.74. The standard InChI is InChI=1S/C13H28N2O5/c1-3-6-16-10-15-5-8-18-12-17-7-4-14(2)9-19-13-20-11-15/h3-13H2,1-2H3. The van der Waals surface area contributed by atoms with Crippen molar-refractivity contribution in [2.75, 3.05) is 73.7 Å². The van der Waals surface area contributed by atoms with Crippen LogP contribution in [0.1, 0.15) is 13.3 Å². The molecule has 0 atom stereocenters. The van der Waals surface area contributed by atoms with E-state index in [-0.39, 0.29) is 6.79 Å². The molecule has 1 heterocycles. The molecule has 7 heteroatoms. The molecule has 20 heavy (non-hydrogen) atoms. The predicted molar refractivity (Wildman–Crippen MR) is 74.0 cm³/mol. The lowest BCUT2D eigenvalue weighted by Crippen LogP contribution is -2.34. The zero-order valence-electron chi connectivity index (χ0n) is 12.7.